The molecule has 0 bridgehead atoms. The molecule has 0 aliphatic rings. The van der Waals surface area contributed by atoms with Crippen LogP contribution in [0.3, 0.4) is 0 Å². The summed E-state index contributed by atoms with van der Waals surface area (Å²) in [5.74, 6) is 1.82. The van der Waals surface area contributed by atoms with Crippen LogP contribution in [0.1, 0.15) is 36.5 Å². The predicted octanol–water partition coefficient (Wildman–Crippen LogP) is 5.54. The largest absolute Gasteiger partial charge is 0.497 e. The molecule has 0 fully saturated rings. The fourth-order valence-electron chi connectivity index (χ4n) is 2.29. The Labute approximate surface area is 141 Å². The minimum Gasteiger partial charge on any atom is -0.497 e. The maximum Gasteiger partial charge on any atom is 0.133 e. The number of benzene rings is 2. The van der Waals surface area contributed by atoms with Crippen molar-refractivity contribution in [2.45, 2.75) is 33.1 Å². The lowest BCUT2D eigenvalue weighted by molar-refractivity contribution is 0.307. The monoisotopic (exact) mass is 362 g/mol. The van der Waals surface area contributed by atoms with E-state index in [-0.39, 0.29) is 0 Å². The van der Waals surface area contributed by atoms with Gasteiger partial charge in [0.25, 0.3) is 0 Å². The third-order valence-corrected chi connectivity index (χ3v) is 4.32. The van der Waals surface area contributed by atoms with Gasteiger partial charge in [0.2, 0.25) is 0 Å². The van der Waals surface area contributed by atoms with Crippen LogP contribution in [-0.4, -0.2) is 13.7 Å². The van der Waals surface area contributed by atoms with Gasteiger partial charge >= 0.3 is 0 Å². The molecule has 2 aromatic carbocycles. The van der Waals surface area contributed by atoms with Gasteiger partial charge in [-0.05, 0) is 76.7 Å². The van der Waals surface area contributed by atoms with Crippen molar-refractivity contribution in [1.82, 2.24) is 0 Å². The maximum absolute atomic E-state index is 5.83. The van der Waals surface area contributed by atoms with Crippen molar-refractivity contribution in [2.75, 3.05) is 13.7 Å². The van der Waals surface area contributed by atoms with Gasteiger partial charge in [-0.25, -0.2) is 0 Å². The van der Waals surface area contributed by atoms with Crippen molar-refractivity contribution < 1.29 is 9.47 Å². The van der Waals surface area contributed by atoms with Crippen LogP contribution in [0.15, 0.2) is 40.9 Å². The topological polar surface area (TPSA) is 18.5 Å². The molecule has 0 N–H and O–H groups in total. The van der Waals surface area contributed by atoms with Gasteiger partial charge in [0.05, 0.1) is 18.2 Å². The molecule has 0 spiro atoms. The molecular formula is C19H23BrO2. The first-order valence-corrected chi connectivity index (χ1v) is 8.48. The van der Waals surface area contributed by atoms with Gasteiger partial charge in [0.1, 0.15) is 11.5 Å². The van der Waals surface area contributed by atoms with Gasteiger partial charge in [-0.2, -0.15) is 0 Å². The second-order valence-corrected chi connectivity index (χ2v) is 6.29. The number of aryl methyl sites for hydroxylation is 1. The number of hydrogen-bond donors (Lipinski definition) is 0. The lowest BCUT2D eigenvalue weighted by atomic mass is 10.0. The van der Waals surface area contributed by atoms with Crippen LogP contribution in [0, 0.1) is 6.92 Å². The molecule has 0 heterocycles. The number of unbranched alkanes of at least 4 members (excludes halogenated alkanes) is 1. The Morgan fingerprint density at radius 2 is 1.82 bits per heavy atom. The van der Waals surface area contributed by atoms with Gasteiger partial charge in [0, 0.05) is 0 Å². The molecule has 0 saturated heterocycles. The molecule has 0 radical (unpaired) electrons. The Bertz CT molecular complexity index is 606. The highest BCUT2D eigenvalue weighted by Crippen LogP contribution is 2.30. The molecule has 0 aliphatic heterocycles. The summed E-state index contributed by atoms with van der Waals surface area (Å²) in [6.07, 6.45) is 3.13. The van der Waals surface area contributed by atoms with Gasteiger partial charge in [0.15, 0.2) is 0 Å². The van der Waals surface area contributed by atoms with E-state index >= 15 is 0 Å². The van der Waals surface area contributed by atoms with Crippen LogP contribution >= 0.6 is 15.9 Å². The molecule has 2 rings (SSSR count). The predicted molar refractivity (Wildman–Crippen MR) is 95.1 cm³/mol. The minimum absolute atomic E-state index is 0.770. The molecule has 0 atom stereocenters. The molecule has 0 unspecified atom stereocenters. The molecule has 3 heteroatoms. The van der Waals surface area contributed by atoms with Crippen molar-refractivity contribution in [3.8, 4) is 11.5 Å². The highest BCUT2D eigenvalue weighted by Gasteiger charge is 2.08. The Kier molecular flexibility index (Phi) is 6.32. The molecular weight excluding hydrogens is 340 g/mol. The van der Waals surface area contributed by atoms with E-state index in [9.17, 15) is 0 Å². The molecule has 22 heavy (non-hydrogen) atoms. The summed E-state index contributed by atoms with van der Waals surface area (Å²) in [6, 6.07) is 12.5. The van der Waals surface area contributed by atoms with E-state index in [2.05, 4.69) is 54.0 Å². The quantitative estimate of drug-likeness (QED) is 0.602. The summed E-state index contributed by atoms with van der Waals surface area (Å²) in [5, 5.41) is 0. The maximum atomic E-state index is 5.83. The van der Waals surface area contributed by atoms with Gasteiger partial charge in [-0.3, -0.25) is 0 Å². The van der Waals surface area contributed by atoms with Crippen molar-refractivity contribution in [3.63, 3.8) is 0 Å². The smallest absolute Gasteiger partial charge is 0.133 e. The average molecular weight is 363 g/mol. The highest BCUT2D eigenvalue weighted by atomic mass is 79.9. The molecule has 0 aliphatic carbocycles. The standard InChI is InChI=1S/C19H23BrO2/c1-4-5-10-22-19-11-14(2)16(13-18(19)20)12-15-6-8-17(21-3)9-7-15/h6-9,11,13H,4-5,10,12H2,1-3H3. The van der Waals surface area contributed by atoms with Crippen LogP contribution in [0.5, 0.6) is 11.5 Å². The first kappa shape index (κ1) is 16.9. The summed E-state index contributed by atoms with van der Waals surface area (Å²) >= 11 is 3.62. The zero-order valence-corrected chi connectivity index (χ0v) is 15.1. The van der Waals surface area contributed by atoms with Crippen molar-refractivity contribution in [3.05, 3.63) is 57.6 Å². The fraction of sp³-hybridized carbons (Fsp3) is 0.368. The zero-order chi connectivity index (χ0) is 15.9. The van der Waals surface area contributed by atoms with Gasteiger partial charge in [-0.15, -0.1) is 0 Å². The second-order valence-electron chi connectivity index (χ2n) is 5.44. The summed E-state index contributed by atoms with van der Waals surface area (Å²) in [6.45, 7) is 5.08. The Hall–Kier alpha value is -1.48. The van der Waals surface area contributed by atoms with Gasteiger partial charge < -0.3 is 9.47 Å². The number of methoxy groups -OCH3 is 1. The SMILES string of the molecule is CCCCOc1cc(C)c(Cc2ccc(OC)cc2)cc1Br. The third kappa shape index (κ3) is 4.51. The van der Waals surface area contributed by atoms with Crippen LogP contribution in [0.2, 0.25) is 0 Å². The summed E-state index contributed by atoms with van der Waals surface area (Å²) < 4.78 is 12.1. The molecule has 2 aromatic rings. The number of rotatable bonds is 7. The summed E-state index contributed by atoms with van der Waals surface area (Å²) in [5.41, 5.74) is 3.83. The van der Waals surface area contributed by atoms with E-state index in [1.807, 2.05) is 12.1 Å². The molecule has 0 saturated carbocycles. The highest BCUT2D eigenvalue weighted by molar-refractivity contribution is 9.10. The van der Waals surface area contributed by atoms with Crippen molar-refractivity contribution in [1.29, 1.82) is 0 Å². The van der Waals surface area contributed by atoms with E-state index in [0.717, 1.165) is 41.8 Å². The number of halogens is 1. The Morgan fingerprint density at radius 3 is 2.45 bits per heavy atom. The molecule has 118 valence electrons. The number of ether oxygens (including phenoxy) is 2. The van der Waals surface area contributed by atoms with Crippen LogP contribution in [0.4, 0.5) is 0 Å². The first-order valence-electron chi connectivity index (χ1n) is 7.68. The fourth-order valence-corrected chi connectivity index (χ4v) is 2.79. The van der Waals surface area contributed by atoms with Crippen molar-refractivity contribution in [2.24, 2.45) is 0 Å². The lowest BCUT2D eigenvalue weighted by Crippen LogP contribution is -1.99. The van der Waals surface area contributed by atoms with E-state index in [4.69, 9.17) is 9.47 Å². The lowest BCUT2D eigenvalue weighted by Gasteiger charge is -2.13. The second kappa shape index (κ2) is 8.23. The normalized spacial score (nSPS) is 10.5. The average Bonchev–Trinajstić information content (AvgIpc) is 2.53. The van der Waals surface area contributed by atoms with Gasteiger partial charge in [-0.1, -0.05) is 25.5 Å². The minimum atomic E-state index is 0.770. The van der Waals surface area contributed by atoms with Crippen LogP contribution in [-0.2, 0) is 6.42 Å². The Balaban J connectivity index is 2.12. The van der Waals surface area contributed by atoms with E-state index in [1.165, 1.54) is 16.7 Å². The summed E-state index contributed by atoms with van der Waals surface area (Å²) in [7, 11) is 1.69. The zero-order valence-electron chi connectivity index (χ0n) is 13.5. The van der Waals surface area contributed by atoms with E-state index in [1.54, 1.807) is 7.11 Å². The third-order valence-electron chi connectivity index (χ3n) is 3.70. The van der Waals surface area contributed by atoms with Crippen molar-refractivity contribution >= 4 is 15.9 Å². The van der Waals surface area contributed by atoms with Crippen LogP contribution in [0.25, 0.3) is 0 Å². The van der Waals surface area contributed by atoms with Crippen LogP contribution < -0.4 is 9.47 Å². The molecule has 0 amide bonds. The summed E-state index contributed by atoms with van der Waals surface area (Å²) in [4.78, 5) is 0. The molecule has 0 aromatic heterocycles. The van der Waals surface area contributed by atoms with E-state index < -0.39 is 0 Å². The Morgan fingerprint density at radius 1 is 1.09 bits per heavy atom. The number of hydrogen-bond acceptors (Lipinski definition) is 2. The molecule has 2 nitrogen and oxygen atoms in total. The van der Waals surface area contributed by atoms with E-state index in [0.29, 0.717) is 0 Å². The first-order chi connectivity index (χ1) is 10.6.